The van der Waals surface area contributed by atoms with Crippen LogP contribution in [0.5, 0.6) is 0 Å². The van der Waals surface area contributed by atoms with Crippen molar-refractivity contribution in [1.82, 2.24) is 0 Å². The van der Waals surface area contributed by atoms with Gasteiger partial charge in [-0.2, -0.15) is 0 Å². The summed E-state index contributed by atoms with van der Waals surface area (Å²) in [5.41, 5.74) is -0.954. The van der Waals surface area contributed by atoms with Crippen LogP contribution < -0.4 is 0 Å². The Morgan fingerprint density at radius 3 is 2.41 bits per heavy atom. The van der Waals surface area contributed by atoms with E-state index in [0.29, 0.717) is 18.8 Å². The topological polar surface area (TPSA) is 46.5 Å². The van der Waals surface area contributed by atoms with E-state index >= 15 is 0 Å². The second-order valence-electron chi connectivity index (χ2n) is 5.39. The fourth-order valence-corrected chi connectivity index (χ4v) is 2.60. The highest BCUT2D eigenvalue weighted by atomic mass is 16.5. The molecule has 0 heterocycles. The second kappa shape index (κ2) is 6.39. The van der Waals surface area contributed by atoms with E-state index in [1.165, 1.54) is 12.8 Å². The highest BCUT2D eigenvalue weighted by Gasteiger charge is 2.41. The number of hydrogen-bond donors (Lipinski definition) is 1. The number of carboxylic acids is 1. The van der Waals surface area contributed by atoms with E-state index in [1.54, 1.807) is 0 Å². The molecule has 2 atom stereocenters. The molecule has 3 heteroatoms. The Bertz CT molecular complexity index is 246. The third-order valence-corrected chi connectivity index (χ3v) is 4.03. The lowest BCUT2D eigenvalue weighted by Gasteiger charge is -2.33. The lowest BCUT2D eigenvalue weighted by atomic mass is 9.87. The zero-order valence-corrected chi connectivity index (χ0v) is 11.4. The molecule has 0 aliphatic heterocycles. The van der Waals surface area contributed by atoms with E-state index < -0.39 is 11.6 Å². The first-order chi connectivity index (χ1) is 8.04. The minimum atomic E-state index is -0.954. The molecule has 1 fully saturated rings. The normalized spacial score (nSPS) is 22.3. The van der Waals surface area contributed by atoms with Gasteiger partial charge in [0.25, 0.3) is 0 Å². The summed E-state index contributed by atoms with van der Waals surface area (Å²) in [6.07, 6.45) is 6.75. The number of carboxylic acid groups (broad SMARTS) is 1. The first-order valence-corrected chi connectivity index (χ1v) is 6.95. The Kier molecular flexibility index (Phi) is 5.44. The van der Waals surface area contributed by atoms with Crippen molar-refractivity contribution in [3.05, 3.63) is 0 Å². The van der Waals surface area contributed by atoms with Gasteiger partial charge in [0.05, 0.1) is 6.10 Å². The van der Waals surface area contributed by atoms with Gasteiger partial charge in [-0.1, -0.05) is 40.0 Å². The first-order valence-electron chi connectivity index (χ1n) is 6.95. The van der Waals surface area contributed by atoms with Crippen LogP contribution in [0.15, 0.2) is 0 Å². The SMILES string of the molecule is CCC(C)CC(CC)(OC1CCCC1)C(=O)O. The zero-order valence-electron chi connectivity index (χ0n) is 11.4. The van der Waals surface area contributed by atoms with Crippen molar-refractivity contribution in [3.8, 4) is 0 Å². The molecule has 1 N–H and O–H groups in total. The maximum absolute atomic E-state index is 11.6. The summed E-state index contributed by atoms with van der Waals surface area (Å²) in [5.74, 6) is -0.389. The van der Waals surface area contributed by atoms with E-state index in [1.807, 2.05) is 6.92 Å². The standard InChI is InChI=1S/C14H26O3/c1-4-11(3)10-14(5-2,13(15)16)17-12-8-6-7-9-12/h11-12H,4-10H2,1-3H3,(H,15,16). The molecule has 2 unspecified atom stereocenters. The molecular formula is C14H26O3. The Morgan fingerprint density at radius 2 is 2.00 bits per heavy atom. The van der Waals surface area contributed by atoms with Crippen LogP contribution in [-0.4, -0.2) is 22.8 Å². The number of aliphatic carboxylic acids is 1. The lowest BCUT2D eigenvalue weighted by Crippen LogP contribution is -2.44. The molecular weight excluding hydrogens is 216 g/mol. The summed E-state index contributed by atoms with van der Waals surface area (Å²) in [6.45, 7) is 6.12. The summed E-state index contributed by atoms with van der Waals surface area (Å²) >= 11 is 0. The number of ether oxygens (including phenoxy) is 1. The molecule has 0 bridgehead atoms. The molecule has 0 aromatic rings. The zero-order chi connectivity index (χ0) is 12.9. The fourth-order valence-electron chi connectivity index (χ4n) is 2.60. The molecule has 17 heavy (non-hydrogen) atoms. The maximum atomic E-state index is 11.6. The molecule has 0 aromatic heterocycles. The molecule has 3 nitrogen and oxygen atoms in total. The van der Waals surface area contributed by atoms with Crippen LogP contribution in [0.3, 0.4) is 0 Å². The summed E-state index contributed by atoms with van der Waals surface area (Å²) in [5, 5.41) is 9.50. The highest BCUT2D eigenvalue weighted by molar-refractivity contribution is 5.77. The van der Waals surface area contributed by atoms with Crippen LogP contribution in [-0.2, 0) is 9.53 Å². The van der Waals surface area contributed by atoms with Crippen molar-refractivity contribution in [1.29, 1.82) is 0 Å². The second-order valence-corrected chi connectivity index (χ2v) is 5.39. The summed E-state index contributed by atoms with van der Waals surface area (Å²) in [6, 6.07) is 0. The van der Waals surface area contributed by atoms with Gasteiger partial charge in [0, 0.05) is 0 Å². The fraction of sp³-hybridized carbons (Fsp3) is 0.929. The Morgan fingerprint density at radius 1 is 1.41 bits per heavy atom. The highest BCUT2D eigenvalue weighted by Crippen LogP contribution is 2.33. The van der Waals surface area contributed by atoms with Crippen molar-refractivity contribution in [2.75, 3.05) is 0 Å². The van der Waals surface area contributed by atoms with Crippen LogP contribution in [0.2, 0.25) is 0 Å². The van der Waals surface area contributed by atoms with Gasteiger partial charge in [0.15, 0.2) is 5.60 Å². The van der Waals surface area contributed by atoms with E-state index in [2.05, 4.69) is 13.8 Å². The first kappa shape index (κ1) is 14.5. The smallest absolute Gasteiger partial charge is 0.335 e. The molecule has 1 saturated carbocycles. The molecule has 0 radical (unpaired) electrons. The van der Waals surface area contributed by atoms with E-state index in [9.17, 15) is 9.90 Å². The number of carbonyl (C=O) groups is 1. The molecule has 0 spiro atoms. The van der Waals surface area contributed by atoms with Gasteiger partial charge in [0.1, 0.15) is 0 Å². The summed E-state index contributed by atoms with van der Waals surface area (Å²) in [4.78, 5) is 11.6. The van der Waals surface area contributed by atoms with Gasteiger partial charge in [-0.05, 0) is 31.6 Å². The van der Waals surface area contributed by atoms with Crippen LogP contribution in [0.1, 0.15) is 65.7 Å². The average Bonchev–Trinajstić information content (AvgIpc) is 2.80. The van der Waals surface area contributed by atoms with E-state index in [-0.39, 0.29) is 6.10 Å². The molecule has 100 valence electrons. The minimum absolute atomic E-state index is 0.162. The van der Waals surface area contributed by atoms with Crippen LogP contribution >= 0.6 is 0 Å². The number of hydrogen-bond acceptors (Lipinski definition) is 2. The predicted molar refractivity (Wildman–Crippen MR) is 68.1 cm³/mol. The third-order valence-electron chi connectivity index (χ3n) is 4.03. The molecule has 0 amide bonds. The Labute approximate surface area is 105 Å². The lowest BCUT2D eigenvalue weighted by molar-refractivity contribution is -0.178. The summed E-state index contributed by atoms with van der Waals surface area (Å²) in [7, 11) is 0. The molecule has 1 aliphatic rings. The van der Waals surface area contributed by atoms with Crippen LogP contribution in [0, 0.1) is 5.92 Å². The Hall–Kier alpha value is -0.570. The number of rotatable bonds is 7. The van der Waals surface area contributed by atoms with Gasteiger partial charge in [-0.25, -0.2) is 4.79 Å². The van der Waals surface area contributed by atoms with Crippen molar-refractivity contribution in [3.63, 3.8) is 0 Å². The largest absolute Gasteiger partial charge is 0.479 e. The van der Waals surface area contributed by atoms with E-state index in [4.69, 9.17) is 4.74 Å². The molecule has 1 aliphatic carbocycles. The minimum Gasteiger partial charge on any atom is -0.479 e. The monoisotopic (exact) mass is 242 g/mol. The van der Waals surface area contributed by atoms with Gasteiger partial charge in [-0.15, -0.1) is 0 Å². The molecule has 0 aromatic carbocycles. The summed E-state index contributed by atoms with van der Waals surface area (Å²) < 4.78 is 5.98. The maximum Gasteiger partial charge on any atom is 0.335 e. The van der Waals surface area contributed by atoms with Crippen LogP contribution in [0.25, 0.3) is 0 Å². The van der Waals surface area contributed by atoms with Crippen molar-refractivity contribution >= 4 is 5.97 Å². The van der Waals surface area contributed by atoms with Gasteiger partial charge >= 0.3 is 5.97 Å². The van der Waals surface area contributed by atoms with Crippen LogP contribution in [0.4, 0.5) is 0 Å². The van der Waals surface area contributed by atoms with Gasteiger partial charge < -0.3 is 9.84 Å². The van der Waals surface area contributed by atoms with Crippen molar-refractivity contribution < 1.29 is 14.6 Å². The van der Waals surface area contributed by atoms with E-state index in [0.717, 1.165) is 19.3 Å². The third kappa shape index (κ3) is 3.70. The average molecular weight is 242 g/mol. The van der Waals surface area contributed by atoms with Crippen molar-refractivity contribution in [2.45, 2.75) is 77.4 Å². The van der Waals surface area contributed by atoms with Gasteiger partial charge in [0.2, 0.25) is 0 Å². The predicted octanol–water partition coefficient (Wildman–Crippen LogP) is 3.62. The quantitative estimate of drug-likeness (QED) is 0.741. The van der Waals surface area contributed by atoms with Crippen molar-refractivity contribution in [2.24, 2.45) is 5.92 Å². The molecule has 1 rings (SSSR count). The Balaban J connectivity index is 2.71. The van der Waals surface area contributed by atoms with Gasteiger partial charge in [-0.3, -0.25) is 0 Å². The molecule has 0 saturated heterocycles.